The van der Waals surface area contributed by atoms with Crippen molar-refractivity contribution < 1.29 is 9.59 Å². The molecule has 32 heavy (non-hydrogen) atoms. The van der Waals surface area contributed by atoms with Crippen LogP contribution in [0, 0.1) is 0 Å². The fraction of sp³-hybridized carbons (Fsp3) is 0.125. The van der Waals surface area contributed by atoms with E-state index in [0.717, 1.165) is 27.5 Å². The van der Waals surface area contributed by atoms with Gasteiger partial charge in [-0.3, -0.25) is 14.5 Å². The van der Waals surface area contributed by atoms with Crippen LogP contribution >= 0.6 is 30.3 Å². The fourth-order valence-corrected chi connectivity index (χ4v) is 5.67. The number of fused-ring (bicyclic) bond motifs is 3. The minimum Gasteiger partial charge on any atom is -0.399 e. The third-order valence-electron chi connectivity index (χ3n) is 5.61. The predicted octanol–water partition coefficient (Wildman–Crippen LogP) is 5.46. The van der Waals surface area contributed by atoms with Crippen molar-refractivity contribution in [3.8, 4) is 0 Å². The molecule has 1 aliphatic rings. The van der Waals surface area contributed by atoms with Gasteiger partial charge in [0.15, 0.2) is 0 Å². The predicted molar refractivity (Wildman–Crippen MR) is 139 cm³/mol. The number of carbonyl (C=O) groups is 2. The first kappa shape index (κ1) is 21.0. The number of pyridine rings is 1. The van der Waals surface area contributed by atoms with Crippen LogP contribution in [-0.4, -0.2) is 34.8 Å². The smallest absolute Gasteiger partial charge is 0.261 e. The molecule has 3 aromatic carbocycles. The Hall–Kier alpha value is -2.85. The number of hydrogen-bond acceptors (Lipinski definition) is 6. The molecule has 0 atom stereocenters. The second kappa shape index (κ2) is 8.59. The Morgan fingerprint density at radius 3 is 2.25 bits per heavy atom. The van der Waals surface area contributed by atoms with Crippen molar-refractivity contribution in [3.63, 3.8) is 0 Å². The van der Waals surface area contributed by atoms with Gasteiger partial charge < -0.3 is 10.0 Å². The summed E-state index contributed by atoms with van der Waals surface area (Å²) in [7, 11) is 1.58. The van der Waals surface area contributed by atoms with E-state index in [1.807, 2.05) is 18.2 Å². The monoisotopic (exact) mass is 554 g/mol. The minimum atomic E-state index is -0.208. The molecule has 8 heteroatoms. The van der Waals surface area contributed by atoms with Crippen molar-refractivity contribution in [3.05, 3.63) is 77.9 Å². The quantitative estimate of drug-likeness (QED) is 0.112. The van der Waals surface area contributed by atoms with Gasteiger partial charge in [-0.25, -0.2) is 4.98 Å². The summed E-state index contributed by atoms with van der Waals surface area (Å²) >= 11 is 2.25. The summed E-state index contributed by atoms with van der Waals surface area (Å²) < 4.78 is 2.14. The van der Waals surface area contributed by atoms with E-state index in [1.54, 1.807) is 33.4 Å². The summed E-state index contributed by atoms with van der Waals surface area (Å²) in [6.45, 7) is 1.07. The Balaban J connectivity index is 1.32. The SMILES string of the molecule is Nc1ccc2cc3ccc(N(CCCN4C(=O)c5ccccc5C4=O)SI)cc3nc2c1. The molecule has 6 nitrogen and oxygen atoms in total. The molecule has 2 N–H and O–H groups in total. The van der Waals surface area contributed by atoms with Crippen LogP contribution in [0.15, 0.2) is 66.7 Å². The number of rotatable bonds is 6. The zero-order valence-corrected chi connectivity index (χ0v) is 20.0. The van der Waals surface area contributed by atoms with E-state index in [9.17, 15) is 9.59 Å². The summed E-state index contributed by atoms with van der Waals surface area (Å²) in [6, 6.07) is 21.1. The molecule has 0 spiro atoms. The molecular formula is C24H19IN4O2S. The van der Waals surface area contributed by atoms with E-state index in [4.69, 9.17) is 10.7 Å². The lowest BCUT2D eigenvalue weighted by Gasteiger charge is -2.22. The molecule has 160 valence electrons. The van der Waals surface area contributed by atoms with Gasteiger partial charge in [-0.2, -0.15) is 0 Å². The number of benzene rings is 3. The highest BCUT2D eigenvalue weighted by molar-refractivity contribution is 14.2. The van der Waals surface area contributed by atoms with Gasteiger partial charge in [0.2, 0.25) is 0 Å². The lowest BCUT2D eigenvalue weighted by Crippen LogP contribution is -2.32. The Bertz CT molecular complexity index is 1340. The number of nitrogen functional groups attached to an aromatic ring is 1. The molecule has 0 unspecified atom stereocenters. The van der Waals surface area contributed by atoms with Crippen molar-refractivity contribution in [1.29, 1.82) is 0 Å². The maximum atomic E-state index is 12.6. The van der Waals surface area contributed by atoms with Crippen LogP contribution in [0.3, 0.4) is 0 Å². The Morgan fingerprint density at radius 1 is 0.906 bits per heavy atom. The second-order valence-electron chi connectivity index (χ2n) is 7.65. The van der Waals surface area contributed by atoms with Crippen LogP contribution in [0.25, 0.3) is 21.8 Å². The molecule has 0 aliphatic carbocycles. The van der Waals surface area contributed by atoms with Gasteiger partial charge >= 0.3 is 0 Å². The molecule has 5 rings (SSSR count). The second-order valence-corrected chi connectivity index (χ2v) is 9.41. The van der Waals surface area contributed by atoms with Crippen LogP contribution in [0.2, 0.25) is 0 Å². The fourth-order valence-electron chi connectivity index (χ4n) is 4.00. The molecule has 4 aromatic rings. The van der Waals surface area contributed by atoms with Crippen molar-refractivity contribution in [2.45, 2.75) is 6.42 Å². The average molecular weight is 554 g/mol. The maximum absolute atomic E-state index is 12.6. The minimum absolute atomic E-state index is 0.208. The average Bonchev–Trinajstić information content (AvgIpc) is 3.05. The molecule has 2 amide bonds. The zero-order chi connectivity index (χ0) is 22.2. The number of carbonyl (C=O) groups excluding carboxylic acids is 2. The van der Waals surface area contributed by atoms with Crippen LogP contribution < -0.4 is 10.0 Å². The third kappa shape index (κ3) is 3.77. The number of amides is 2. The lowest BCUT2D eigenvalue weighted by atomic mass is 10.1. The number of nitrogens with two attached hydrogens (primary N) is 1. The molecule has 0 bridgehead atoms. The largest absolute Gasteiger partial charge is 0.399 e. The van der Waals surface area contributed by atoms with Crippen molar-refractivity contribution in [2.24, 2.45) is 0 Å². The van der Waals surface area contributed by atoms with Gasteiger partial charge in [0.1, 0.15) is 0 Å². The van der Waals surface area contributed by atoms with Crippen LogP contribution in [-0.2, 0) is 0 Å². The maximum Gasteiger partial charge on any atom is 0.261 e. The summed E-state index contributed by atoms with van der Waals surface area (Å²) in [4.78, 5) is 31.3. The highest BCUT2D eigenvalue weighted by Crippen LogP contribution is 2.31. The van der Waals surface area contributed by atoms with Gasteiger partial charge in [0.05, 0.1) is 22.2 Å². The topological polar surface area (TPSA) is 79.5 Å². The number of nitrogens with zero attached hydrogens (tertiary/aromatic N) is 3. The first-order valence-electron chi connectivity index (χ1n) is 10.2. The van der Waals surface area contributed by atoms with Gasteiger partial charge in [0, 0.05) is 65.6 Å². The van der Waals surface area contributed by atoms with Crippen molar-refractivity contribution in [1.82, 2.24) is 9.88 Å². The van der Waals surface area contributed by atoms with Gasteiger partial charge in [-0.1, -0.05) is 24.3 Å². The van der Waals surface area contributed by atoms with Crippen LogP contribution in [0.5, 0.6) is 0 Å². The summed E-state index contributed by atoms with van der Waals surface area (Å²) in [5, 5.41) is 2.12. The molecular weight excluding hydrogens is 535 g/mol. The number of hydrogen-bond donors (Lipinski definition) is 1. The molecule has 2 heterocycles. The Kier molecular flexibility index (Phi) is 5.64. The molecule has 0 saturated carbocycles. The summed E-state index contributed by atoms with van der Waals surface area (Å²) in [5.74, 6) is -0.416. The van der Waals surface area contributed by atoms with Crippen molar-refractivity contribution in [2.75, 3.05) is 23.1 Å². The van der Waals surface area contributed by atoms with Gasteiger partial charge in [-0.15, -0.1) is 0 Å². The molecule has 1 aromatic heterocycles. The van der Waals surface area contributed by atoms with E-state index < -0.39 is 0 Å². The lowest BCUT2D eigenvalue weighted by molar-refractivity contribution is 0.0653. The Morgan fingerprint density at radius 2 is 1.56 bits per heavy atom. The summed E-state index contributed by atoms with van der Waals surface area (Å²) in [6.07, 6.45) is 0.668. The van der Waals surface area contributed by atoms with Crippen molar-refractivity contribution >= 4 is 75.3 Å². The number of halogens is 1. The number of anilines is 2. The highest BCUT2D eigenvalue weighted by atomic mass is 127. The van der Waals surface area contributed by atoms with Crippen LogP contribution in [0.4, 0.5) is 11.4 Å². The molecule has 0 radical (unpaired) electrons. The van der Waals surface area contributed by atoms with Crippen LogP contribution in [0.1, 0.15) is 27.1 Å². The molecule has 0 fully saturated rings. The third-order valence-corrected chi connectivity index (χ3v) is 7.60. The van der Waals surface area contributed by atoms with E-state index in [0.29, 0.717) is 36.3 Å². The van der Waals surface area contributed by atoms with E-state index in [2.05, 4.69) is 49.8 Å². The first-order valence-corrected chi connectivity index (χ1v) is 13.5. The number of aromatic nitrogens is 1. The van der Waals surface area contributed by atoms with E-state index in [-0.39, 0.29) is 11.8 Å². The Labute approximate surface area is 201 Å². The highest BCUT2D eigenvalue weighted by Gasteiger charge is 2.34. The van der Waals surface area contributed by atoms with Gasteiger partial charge in [-0.05, 0) is 48.9 Å². The van der Waals surface area contributed by atoms with Gasteiger partial charge in [0.25, 0.3) is 11.8 Å². The zero-order valence-electron chi connectivity index (χ0n) is 17.0. The molecule has 0 saturated heterocycles. The summed E-state index contributed by atoms with van der Waals surface area (Å²) in [5.41, 5.74) is 10.4. The first-order chi connectivity index (χ1) is 15.5. The molecule has 1 aliphatic heterocycles. The number of imide groups is 1. The normalized spacial score (nSPS) is 13.2. The van der Waals surface area contributed by atoms with E-state index >= 15 is 0 Å². The van der Waals surface area contributed by atoms with E-state index in [1.165, 1.54) is 4.90 Å². The standard InChI is InChI=1S/C24H19IN4O2S/c25-32-29(11-3-10-28-23(30)19-4-1-2-5-20(19)24(28)31)18-9-7-16-12-15-6-8-17(26)13-21(15)27-22(16)14-18/h1-2,4-9,12-14H,3,10-11,26H2.